The Balaban J connectivity index is 1.77. The van der Waals surface area contributed by atoms with Crippen molar-refractivity contribution in [3.05, 3.63) is 107 Å². The highest BCUT2D eigenvalue weighted by Gasteiger charge is 2.41. The van der Waals surface area contributed by atoms with Gasteiger partial charge in [0.15, 0.2) is 5.76 Å². The molecule has 4 rings (SSSR count). The van der Waals surface area contributed by atoms with Crippen LogP contribution in [-0.4, -0.2) is 23.0 Å². The second kappa shape index (κ2) is 7.99. The van der Waals surface area contributed by atoms with Gasteiger partial charge < -0.3 is 14.7 Å². The largest absolute Gasteiger partial charge is 0.503 e. The molecule has 152 valence electrons. The van der Waals surface area contributed by atoms with Crippen LogP contribution < -0.4 is 4.74 Å². The monoisotopic (exact) mass is 407 g/mol. The zero-order valence-corrected chi connectivity index (χ0v) is 16.2. The van der Waals surface area contributed by atoms with Crippen molar-refractivity contribution < 1.29 is 23.4 Å². The number of aliphatic hydroxyl groups is 1. The minimum absolute atomic E-state index is 0.222. The first-order chi connectivity index (χ1) is 14.5. The van der Waals surface area contributed by atoms with E-state index in [9.17, 15) is 18.7 Å². The fraction of sp³-hybridized carbons (Fsp3) is 0.125. The minimum atomic E-state index is -0.648. The molecule has 30 heavy (non-hydrogen) atoms. The lowest BCUT2D eigenvalue weighted by Gasteiger charge is -2.27. The Morgan fingerprint density at radius 3 is 2.03 bits per heavy atom. The maximum atomic E-state index is 13.5. The number of rotatable bonds is 5. The van der Waals surface area contributed by atoms with Crippen molar-refractivity contribution in [2.75, 3.05) is 7.11 Å². The summed E-state index contributed by atoms with van der Waals surface area (Å²) in [7, 11) is 1.57. The molecular weight excluding hydrogens is 388 g/mol. The predicted octanol–water partition coefficient (Wildman–Crippen LogP) is 5.03. The second-order valence-corrected chi connectivity index (χ2v) is 7.00. The number of hydrogen-bond acceptors (Lipinski definition) is 3. The number of amides is 1. The third-order valence-corrected chi connectivity index (χ3v) is 5.16. The van der Waals surface area contributed by atoms with E-state index in [2.05, 4.69) is 0 Å². The number of methoxy groups -OCH3 is 1. The van der Waals surface area contributed by atoms with E-state index in [0.29, 0.717) is 22.4 Å². The van der Waals surface area contributed by atoms with Gasteiger partial charge in [-0.05, 0) is 53.1 Å². The summed E-state index contributed by atoms with van der Waals surface area (Å²) in [6, 6.07) is 17.9. The fourth-order valence-electron chi connectivity index (χ4n) is 3.66. The molecule has 1 aliphatic heterocycles. The van der Waals surface area contributed by atoms with E-state index in [4.69, 9.17) is 4.74 Å². The van der Waals surface area contributed by atoms with E-state index in [1.165, 1.54) is 41.3 Å². The molecule has 3 aromatic rings. The first-order valence-electron chi connectivity index (χ1n) is 9.36. The number of carbonyl (C=O) groups is 1. The maximum absolute atomic E-state index is 13.5. The number of nitrogens with zero attached hydrogens (tertiary/aromatic N) is 1. The Morgan fingerprint density at radius 1 is 0.900 bits per heavy atom. The van der Waals surface area contributed by atoms with Gasteiger partial charge >= 0.3 is 0 Å². The lowest BCUT2D eigenvalue weighted by molar-refractivity contribution is -0.130. The third-order valence-electron chi connectivity index (χ3n) is 5.16. The molecule has 6 heteroatoms. The van der Waals surface area contributed by atoms with Crippen LogP contribution in [0.25, 0.3) is 5.57 Å². The summed E-state index contributed by atoms with van der Waals surface area (Å²) in [6.07, 6.45) is 0. The summed E-state index contributed by atoms with van der Waals surface area (Å²) in [5.41, 5.74) is 2.36. The summed E-state index contributed by atoms with van der Waals surface area (Å²) in [6.45, 7) is 0.222. The van der Waals surface area contributed by atoms with Crippen molar-refractivity contribution in [2.45, 2.75) is 12.6 Å². The molecule has 1 unspecified atom stereocenters. The standard InChI is InChI=1S/C24H19F2NO3/c1-30-20-12-2-15(3-13-20)14-27-22(17-6-10-19(26)11-7-17)21(23(28)24(27)29)16-4-8-18(25)9-5-16/h2-13,22,28H,14H2,1H3. The van der Waals surface area contributed by atoms with Gasteiger partial charge in [0.05, 0.1) is 13.2 Å². The molecule has 0 bridgehead atoms. The van der Waals surface area contributed by atoms with Crippen molar-refractivity contribution in [1.82, 2.24) is 4.90 Å². The van der Waals surface area contributed by atoms with E-state index >= 15 is 0 Å². The Labute approximate surface area is 172 Å². The Kier molecular flexibility index (Phi) is 5.23. The molecule has 0 radical (unpaired) electrons. The topological polar surface area (TPSA) is 49.8 Å². The van der Waals surface area contributed by atoms with Crippen molar-refractivity contribution in [3.63, 3.8) is 0 Å². The first kappa shape index (κ1) is 19.6. The van der Waals surface area contributed by atoms with E-state index in [1.54, 1.807) is 31.4 Å². The second-order valence-electron chi connectivity index (χ2n) is 7.00. The molecule has 1 atom stereocenters. The molecule has 1 aliphatic rings. The molecule has 0 saturated heterocycles. The number of ether oxygens (including phenoxy) is 1. The molecule has 4 nitrogen and oxygen atoms in total. The SMILES string of the molecule is COc1ccc(CN2C(=O)C(O)=C(c3ccc(F)cc3)C2c2ccc(F)cc2)cc1. The van der Waals surface area contributed by atoms with Crippen LogP contribution in [0, 0.1) is 11.6 Å². The van der Waals surface area contributed by atoms with Crippen molar-refractivity contribution in [1.29, 1.82) is 0 Å². The fourth-order valence-corrected chi connectivity index (χ4v) is 3.66. The van der Waals surface area contributed by atoms with Crippen LogP contribution in [0.15, 0.2) is 78.6 Å². The zero-order valence-electron chi connectivity index (χ0n) is 16.2. The summed E-state index contributed by atoms with van der Waals surface area (Å²) in [5, 5.41) is 10.7. The normalized spacial score (nSPS) is 16.3. The number of benzene rings is 3. The van der Waals surface area contributed by atoms with E-state index in [-0.39, 0.29) is 6.54 Å². The highest BCUT2D eigenvalue weighted by molar-refractivity contribution is 6.05. The third kappa shape index (κ3) is 3.64. The number of hydrogen-bond donors (Lipinski definition) is 1. The molecule has 0 aliphatic carbocycles. The van der Waals surface area contributed by atoms with Gasteiger partial charge in [-0.2, -0.15) is 0 Å². The molecule has 0 saturated carbocycles. The van der Waals surface area contributed by atoms with Crippen LogP contribution in [0.3, 0.4) is 0 Å². The van der Waals surface area contributed by atoms with E-state index < -0.39 is 29.3 Å². The lowest BCUT2D eigenvalue weighted by atomic mass is 9.93. The first-order valence-corrected chi connectivity index (χ1v) is 9.36. The predicted molar refractivity (Wildman–Crippen MR) is 109 cm³/mol. The van der Waals surface area contributed by atoms with Crippen LogP contribution in [0.4, 0.5) is 8.78 Å². The van der Waals surface area contributed by atoms with Gasteiger partial charge in [0, 0.05) is 12.1 Å². The molecule has 1 heterocycles. The average molecular weight is 407 g/mol. The Morgan fingerprint density at radius 2 is 1.47 bits per heavy atom. The van der Waals surface area contributed by atoms with Crippen LogP contribution in [0.5, 0.6) is 5.75 Å². The van der Waals surface area contributed by atoms with Crippen molar-refractivity contribution >= 4 is 11.5 Å². The molecule has 0 spiro atoms. The molecule has 0 aromatic heterocycles. The van der Waals surface area contributed by atoms with Crippen molar-refractivity contribution in [3.8, 4) is 5.75 Å². The van der Waals surface area contributed by atoms with Gasteiger partial charge in [-0.1, -0.05) is 36.4 Å². The number of carbonyl (C=O) groups excluding carboxylic acids is 1. The summed E-state index contributed by atoms with van der Waals surface area (Å²) in [5.74, 6) is -1.07. The summed E-state index contributed by atoms with van der Waals surface area (Å²) in [4.78, 5) is 14.5. The molecule has 1 N–H and O–H groups in total. The van der Waals surface area contributed by atoms with Gasteiger partial charge in [0.1, 0.15) is 17.4 Å². The molecule has 0 fully saturated rings. The van der Waals surface area contributed by atoms with Crippen LogP contribution in [0.1, 0.15) is 22.7 Å². The molecule has 3 aromatic carbocycles. The Bertz CT molecular complexity index is 1090. The van der Waals surface area contributed by atoms with Gasteiger partial charge in [-0.25, -0.2) is 8.78 Å². The molecular formula is C24H19F2NO3. The Hall–Kier alpha value is -3.67. The highest BCUT2D eigenvalue weighted by atomic mass is 19.1. The average Bonchev–Trinajstić information content (AvgIpc) is 3.00. The van der Waals surface area contributed by atoms with Crippen LogP contribution >= 0.6 is 0 Å². The van der Waals surface area contributed by atoms with Crippen LogP contribution in [-0.2, 0) is 11.3 Å². The number of halogens is 2. The summed E-state index contributed by atoms with van der Waals surface area (Å²) >= 11 is 0. The maximum Gasteiger partial charge on any atom is 0.290 e. The molecule has 1 amide bonds. The highest BCUT2D eigenvalue weighted by Crippen LogP contribution is 2.43. The van der Waals surface area contributed by atoms with E-state index in [0.717, 1.165) is 5.56 Å². The smallest absolute Gasteiger partial charge is 0.290 e. The van der Waals surface area contributed by atoms with Crippen LogP contribution in [0.2, 0.25) is 0 Å². The van der Waals surface area contributed by atoms with Gasteiger partial charge in [-0.15, -0.1) is 0 Å². The van der Waals surface area contributed by atoms with Gasteiger partial charge in [0.2, 0.25) is 0 Å². The van der Waals surface area contributed by atoms with Crippen molar-refractivity contribution in [2.24, 2.45) is 0 Å². The number of aliphatic hydroxyl groups excluding tert-OH is 1. The zero-order chi connectivity index (χ0) is 21.3. The van der Waals surface area contributed by atoms with Gasteiger partial charge in [0.25, 0.3) is 5.91 Å². The minimum Gasteiger partial charge on any atom is -0.503 e. The van der Waals surface area contributed by atoms with E-state index in [1.807, 2.05) is 12.1 Å². The lowest BCUT2D eigenvalue weighted by Crippen LogP contribution is -2.29. The quantitative estimate of drug-likeness (QED) is 0.646. The van der Waals surface area contributed by atoms with Gasteiger partial charge in [-0.3, -0.25) is 4.79 Å². The summed E-state index contributed by atoms with van der Waals surface area (Å²) < 4.78 is 32.1.